The van der Waals surface area contributed by atoms with Gasteiger partial charge in [-0.2, -0.15) is 12.6 Å². The first-order valence-corrected chi connectivity index (χ1v) is 5.67. The molecule has 0 aromatic heterocycles. The molecule has 0 spiro atoms. The molecule has 1 saturated carbocycles. The maximum absolute atomic E-state index is 11.4. The van der Waals surface area contributed by atoms with Crippen molar-refractivity contribution in [1.82, 2.24) is 5.32 Å². The average molecular weight is 211 g/mol. The van der Waals surface area contributed by atoms with Gasteiger partial charge in [0.1, 0.15) is 0 Å². The standard InChI is InChI=1S/C11H17NOS/c1-2-3-4-7-12-10(13)8-11(9-14)5-6-11/h1,14H,3-9H2,(H,12,13). The molecule has 0 bridgehead atoms. The molecule has 1 aliphatic rings. The van der Waals surface area contributed by atoms with E-state index in [2.05, 4.69) is 23.9 Å². The summed E-state index contributed by atoms with van der Waals surface area (Å²) in [5, 5.41) is 2.88. The Morgan fingerprint density at radius 1 is 1.57 bits per heavy atom. The van der Waals surface area contributed by atoms with Crippen molar-refractivity contribution in [3.63, 3.8) is 0 Å². The van der Waals surface area contributed by atoms with Crippen LogP contribution < -0.4 is 5.32 Å². The largest absolute Gasteiger partial charge is 0.356 e. The highest BCUT2D eigenvalue weighted by Gasteiger charge is 2.42. The number of hydrogen-bond donors (Lipinski definition) is 2. The Bertz CT molecular complexity index is 240. The Labute approximate surface area is 91.2 Å². The van der Waals surface area contributed by atoms with Gasteiger partial charge in [-0.15, -0.1) is 12.3 Å². The van der Waals surface area contributed by atoms with E-state index in [4.69, 9.17) is 6.42 Å². The van der Waals surface area contributed by atoms with Crippen LogP contribution in [0.4, 0.5) is 0 Å². The first kappa shape index (κ1) is 11.5. The number of rotatable bonds is 6. The van der Waals surface area contributed by atoms with Crippen LogP contribution in [0.3, 0.4) is 0 Å². The topological polar surface area (TPSA) is 29.1 Å². The van der Waals surface area contributed by atoms with Gasteiger partial charge in [0.15, 0.2) is 0 Å². The number of nitrogens with one attached hydrogen (secondary N) is 1. The van der Waals surface area contributed by atoms with Crippen LogP contribution >= 0.6 is 12.6 Å². The molecule has 78 valence electrons. The molecule has 0 unspecified atom stereocenters. The van der Waals surface area contributed by atoms with E-state index < -0.39 is 0 Å². The molecule has 1 rings (SSSR count). The summed E-state index contributed by atoms with van der Waals surface area (Å²) >= 11 is 4.26. The van der Waals surface area contributed by atoms with Gasteiger partial charge in [0.05, 0.1) is 0 Å². The molecule has 0 aromatic carbocycles. The van der Waals surface area contributed by atoms with Crippen molar-refractivity contribution in [1.29, 1.82) is 0 Å². The van der Waals surface area contributed by atoms with Crippen LogP contribution in [0.5, 0.6) is 0 Å². The predicted molar refractivity (Wildman–Crippen MR) is 61.2 cm³/mol. The van der Waals surface area contributed by atoms with Crippen molar-refractivity contribution in [2.24, 2.45) is 5.41 Å². The summed E-state index contributed by atoms with van der Waals surface area (Å²) in [6, 6.07) is 0. The Hall–Kier alpha value is -0.620. The summed E-state index contributed by atoms with van der Waals surface area (Å²) in [5.41, 5.74) is 0.222. The molecule has 0 radical (unpaired) electrons. The molecule has 14 heavy (non-hydrogen) atoms. The SMILES string of the molecule is C#CCCCNC(=O)CC1(CS)CC1. The van der Waals surface area contributed by atoms with Crippen LogP contribution in [0.2, 0.25) is 0 Å². The van der Waals surface area contributed by atoms with E-state index in [-0.39, 0.29) is 11.3 Å². The number of hydrogen-bond acceptors (Lipinski definition) is 2. The minimum Gasteiger partial charge on any atom is -0.356 e. The number of amides is 1. The second-order valence-corrected chi connectivity index (χ2v) is 4.31. The summed E-state index contributed by atoms with van der Waals surface area (Å²) in [4.78, 5) is 11.4. The first-order valence-electron chi connectivity index (χ1n) is 5.03. The molecule has 0 heterocycles. The summed E-state index contributed by atoms with van der Waals surface area (Å²) in [5.74, 6) is 3.52. The fourth-order valence-corrected chi connectivity index (χ4v) is 1.82. The lowest BCUT2D eigenvalue weighted by Crippen LogP contribution is -2.27. The fourth-order valence-electron chi connectivity index (χ4n) is 1.39. The lowest BCUT2D eigenvalue weighted by atomic mass is 10.1. The van der Waals surface area contributed by atoms with Gasteiger partial charge in [0.2, 0.25) is 5.91 Å². The van der Waals surface area contributed by atoms with Gasteiger partial charge in [-0.1, -0.05) is 0 Å². The van der Waals surface area contributed by atoms with E-state index in [0.717, 1.165) is 31.4 Å². The van der Waals surface area contributed by atoms with Crippen molar-refractivity contribution in [3.8, 4) is 12.3 Å². The smallest absolute Gasteiger partial charge is 0.220 e. The van der Waals surface area contributed by atoms with Crippen LogP contribution in [-0.4, -0.2) is 18.2 Å². The Kier molecular flexibility index (Phi) is 4.34. The molecule has 3 heteroatoms. The maximum atomic E-state index is 11.4. The quantitative estimate of drug-likeness (QED) is 0.390. The van der Waals surface area contributed by atoms with Gasteiger partial charge in [-0.05, 0) is 30.4 Å². The normalized spacial score (nSPS) is 17.1. The molecule has 0 saturated heterocycles. The van der Waals surface area contributed by atoms with Gasteiger partial charge in [0, 0.05) is 19.4 Å². The van der Waals surface area contributed by atoms with Gasteiger partial charge in [-0.25, -0.2) is 0 Å². The zero-order valence-electron chi connectivity index (χ0n) is 8.38. The van der Waals surface area contributed by atoms with Crippen LogP contribution in [-0.2, 0) is 4.79 Å². The third-order valence-corrected chi connectivity index (χ3v) is 3.32. The summed E-state index contributed by atoms with van der Waals surface area (Å²) in [7, 11) is 0. The van der Waals surface area contributed by atoms with Gasteiger partial charge in [-0.3, -0.25) is 4.79 Å². The fraction of sp³-hybridized carbons (Fsp3) is 0.727. The van der Waals surface area contributed by atoms with Crippen molar-refractivity contribution >= 4 is 18.5 Å². The molecule has 2 nitrogen and oxygen atoms in total. The highest BCUT2D eigenvalue weighted by Crippen LogP contribution is 2.49. The van der Waals surface area contributed by atoms with Gasteiger partial charge >= 0.3 is 0 Å². The van der Waals surface area contributed by atoms with E-state index in [1.165, 1.54) is 0 Å². The zero-order chi connectivity index (χ0) is 10.4. The van der Waals surface area contributed by atoms with Crippen LogP contribution in [0.15, 0.2) is 0 Å². The third-order valence-electron chi connectivity index (χ3n) is 2.65. The minimum absolute atomic E-state index is 0.147. The second-order valence-electron chi connectivity index (χ2n) is 3.99. The number of terminal acetylenes is 1. The Morgan fingerprint density at radius 3 is 2.79 bits per heavy atom. The van der Waals surface area contributed by atoms with E-state index >= 15 is 0 Å². The second kappa shape index (κ2) is 5.31. The molecule has 1 fully saturated rings. The number of unbranched alkanes of at least 4 members (excludes halogenated alkanes) is 1. The zero-order valence-corrected chi connectivity index (χ0v) is 9.28. The molecule has 0 aromatic rings. The summed E-state index contributed by atoms with van der Waals surface area (Å²) < 4.78 is 0. The van der Waals surface area contributed by atoms with Gasteiger partial charge < -0.3 is 5.32 Å². The summed E-state index contributed by atoms with van der Waals surface area (Å²) in [6.45, 7) is 0.700. The molecule has 0 aliphatic heterocycles. The highest BCUT2D eigenvalue weighted by molar-refractivity contribution is 7.80. The van der Waals surface area contributed by atoms with E-state index in [0.29, 0.717) is 13.0 Å². The maximum Gasteiger partial charge on any atom is 0.220 e. The van der Waals surface area contributed by atoms with Crippen molar-refractivity contribution in [3.05, 3.63) is 0 Å². The Morgan fingerprint density at radius 2 is 2.29 bits per heavy atom. The molecular weight excluding hydrogens is 194 g/mol. The lowest BCUT2D eigenvalue weighted by Gasteiger charge is -2.11. The van der Waals surface area contributed by atoms with Crippen molar-refractivity contribution in [2.45, 2.75) is 32.1 Å². The molecular formula is C11H17NOS. The third kappa shape index (κ3) is 3.63. The Balaban J connectivity index is 2.08. The highest BCUT2D eigenvalue weighted by atomic mass is 32.1. The molecule has 0 atom stereocenters. The van der Waals surface area contributed by atoms with Crippen LogP contribution in [0, 0.1) is 17.8 Å². The van der Waals surface area contributed by atoms with Crippen molar-refractivity contribution < 1.29 is 4.79 Å². The van der Waals surface area contributed by atoms with E-state index in [9.17, 15) is 4.79 Å². The summed E-state index contributed by atoms with van der Waals surface area (Å²) in [6.07, 6.45) is 9.64. The predicted octanol–water partition coefficient (Wildman–Crippen LogP) is 1.62. The number of thiol groups is 1. The first-order chi connectivity index (χ1) is 6.72. The van der Waals surface area contributed by atoms with Crippen molar-refractivity contribution in [2.75, 3.05) is 12.3 Å². The van der Waals surface area contributed by atoms with Gasteiger partial charge in [0.25, 0.3) is 0 Å². The number of carbonyl (C=O) groups is 1. The number of carbonyl (C=O) groups excluding carboxylic acids is 1. The van der Waals surface area contributed by atoms with E-state index in [1.807, 2.05) is 0 Å². The molecule has 1 aliphatic carbocycles. The van der Waals surface area contributed by atoms with Crippen LogP contribution in [0.1, 0.15) is 32.1 Å². The average Bonchev–Trinajstić information content (AvgIpc) is 2.93. The minimum atomic E-state index is 0.147. The molecule has 1 amide bonds. The monoisotopic (exact) mass is 211 g/mol. The van der Waals surface area contributed by atoms with Crippen LogP contribution in [0.25, 0.3) is 0 Å². The molecule has 1 N–H and O–H groups in total. The van der Waals surface area contributed by atoms with E-state index in [1.54, 1.807) is 0 Å². The lowest BCUT2D eigenvalue weighted by molar-refractivity contribution is -0.122.